The number of esters is 1. The van der Waals surface area contributed by atoms with Crippen LogP contribution in [0.1, 0.15) is 91.0 Å². The summed E-state index contributed by atoms with van der Waals surface area (Å²) in [6.07, 6.45) is 4.33. The van der Waals surface area contributed by atoms with Gasteiger partial charge in [0, 0.05) is 49.7 Å². The zero-order valence-electron chi connectivity index (χ0n) is 26.4. The molecule has 242 valence electrons. The molecule has 2 aliphatic rings. The third kappa shape index (κ3) is 7.70. The average molecular weight is 647 g/mol. The molecular weight excluding hydrogens is 601 g/mol. The van der Waals surface area contributed by atoms with Crippen LogP contribution >= 0.6 is 11.3 Å². The Morgan fingerprint density at radius 2 is 1.64 bits per heavy atom. The minimum Gasteiger partial charge on any atom is -0.466 e. The van der Waals surface area contributed by atoms with Crippen LogP contribution in [0.3, 0.4) is 0 Å². The first-order valence-electron chi connectivity index (χ1n) is 15.9. The van der Waals surface area contributed by atoms with E-state index in [1.807, 2.05) is 4.90 Å². The monoisotopic (exact) mass is 646 g/mol. The second-order valence-corrected chi connectivity index (χ2v) is 14.5. The summed E-state index contributed by atoms with van der Waals surface area (Å²) in [5.74, 6) is -1.01. The van der Waals surface area contributed by atoms with Crippen molar-refractivity contribution >= 4 is 44.1 Å². The van der Waals surface area contributed by atoms with Crippen molar-refractivity contribution in [3.8, 4) is 0 Å². The van der Waals surface area contributed by atoms with E-state index in [-0.39, 0.29) is 41.7 Å². The molecule has 2 amide bonds. The van der Waals surface area contributed by atoms with Gasteiger partial charge < -0.3 is 15.0 Å². The van der Waals surface area contributed by atoms with E-state index >= 15 is 0 Å². The second kappa shape index (κ2) is 15.5. The van der Waals surface area contributed by atoms with E-state index in [9.17, 15) is 22.8 Å². The van der Waals surface area contributed by atoms with Gasteiger partial charge in [-0.1, -0.05) is 20.8 Å². The third-order valence-corrected chi connectivity index (χ3v) is 11.3. The number of thiophene rings is 1. The number of fused-ring (bicyclic) bond motifs is 1. The van der Waals surface area contributed by atoms with Gasteiger partial charge in [0.25, 0.3) is 11.8 Å². The number of piperidine rings is 1. The summed E-state index contributed by atoms with van der Waals surface area (Å²) in [4.78, 5) is 44.9. The number of nitrogens with zero attached hydrogens (tertiary/aromatic N) is 3. The van der Waals surface area contributed by atoms with Gasteiger partial charge >= 0.3 is 5.97 Å². The van der Waals surface area contributed by atoms with Crippen molar-refractivity contribution in [1.29, 1.82) is 0 Å². The molecule has 1 aromatic heterocycles. The summed E-state index contributed by atoms with van der Waals surface area (Å²) in [6.45, 7) is 12.7. The molecule has 0 aliphatic carbocycles. The molecule has 0 radical (unpaired) electrons. The summed E-state index contributed by atoms with van der Waals surface area (Å²) in [5.41, 5.74) is 1.94. The number of sulfonamides is 1. The molecule has 1 N–H and O–H groups in total. The molecule has 0 unspecified atom stereocenters. The summed E-state index contributed by atoms with van der Waals surface area (Å²) < 4.78 is 33.1. The number of carbonyl (C=O) groups excluding carboxylic acids is 3. The van der Waals surface area contributed by atoms with Gasteiger partial charge in [-0.3, -0.25) is 19.3 Å². The Labute approximate surface area is 265 Å². The van der Waals surface area contributed by atoms with E-state index in [1.165, 1.54) is 39.9 Å². The first-order chi connectivity index (χ1) is 21.1. The predicted molar refractivity (Wildman–Crippen MR) is 173 cm³/mol. The fraction of sp³-hybridized carbons (Fsp3) is 0.594. The van der Waals surface area contributed by atoms with Crippen molar-refractivity contribution in [3.05, 3.63) is 45.8 Å². The van der Waals surface area contributed by atoms with E-state index in [0.29, 0.717) is 48.7 Å². The minimum atomic E-state index is -3.78. The summed E-state index contributed by atoms with van der Waals surface area (Å²) in [7, 11) is -3.78. The molecule has 0 saturated carbocycles. The predicted octanol–water partition coefficient (Wildman–Crippen LogP) is 4.99. The molecule has 2 aliphatic heterocycles. The standard InChI is InChI=1S/C32H46N4O6S2/c1-5-16-34-19-15-26-27(22-34)43-30(28(26)31(38)35(17-6-2)18-7-3)33-29(37)23-9-11-25(12-10-23)44(40,41)36-20-13-24(14-21-36)32(39)42-8-4/h9-12,24H,5-8,13-22H2,1-4H3,(H,33,37). The average Bonchev–Trinajstić information content (AvgIpc) is 3.37. The topological polar surface area (TPSA) is 116 Å². The van der Waals surface area contributed by atoms with Gasteiger partial charge in [-0.15, -0.1) is 11.3 Å². The fourth-order valence-electron chi connectivity index (χ4n) is 5.99. The molecular formula is C32H46N4O6S2. The van der Waals surface area contributed by atoms with Crippen molar-refractivity contribution in [2.45, 2.75) is 77.7 Å². The van der Waals surface area contributed by atoms with Crippen LogP contribution in [0.15, 0.2) is 29.2 Å². The summed E-state index contributed by atoms with van der Waals surface area (Å²) in [5, 5.41) is 3.57. The summed E-state index contributed by atoms with van der Waals surface area (Å²) >= 11 is 1.47. The number of amides is 2. The normalized spacial score (nSPS) is 16.4. The van der Waals surface area contributed by atoms with Crippen LogP contribution in [0.25, 0.3) is 0 Å². The van der Waals surface area contributed by atoms with Gasteiger partial charge in [0.05, 0.1) is 23.0 Å². The smallest absolute Gasteiger partial charge is 0.309 e. The van der Waals surface area contributed by atoms with Crippen molar-refractivity contribution < 1.29 is 27.5 Å². The lowest BCUT2D eigenvalue weighted by Gasteiger charge is -2.30. The molecule has 1 fully saturated rings. The molecule has 0 bridgehead atoms. The molecule has 1 aromatic carbocycles. The highest BCUT2D eigenvalue weighted by atomic mass is 32.2. The van der Waals surface area contributed by atoms with Crippen LogP contribution in [-0.4, -0.2) is 86.2 Å². The number of rotatable bonds is 13. The van der Waals surface area contributed by atoms with E-state index < -0.39 is 10.0 Å². The Hall–Kier alpha value is -2.80. The fourth-order valence-corrected chi connectivity index (χ4v) is 8.73. The summed E-state index contributed by atoms with van der Waals surface area (Å²) in [6, 6.07) is 5.90. The van der Waals surface area contributed by atoms with Crippen molar-refractivity contribution in [2.24, 2.45) is 5.92 Å². The van der Waals surface area contributed by atoms with E-state index in [1.54, 1.807) is 6.92 Å². The minimum absolute atomic E-state index is 0.0430. The SMILES string of the molecule is CCCN1CCc2c(sc(NC(=O)c3ccc(S(=O)(=O)N4CCC(C(=O)OCC)CC4)cc3)c2C(=O)N(CCC)CCC)C1. The highest BCUT2D eigenvalue weighted by molar-refractivity contribution is 7.89. The Kier molecular flexibility index (Phi) is 12.0. The maximum absolute atomic E-state index is 13.9. The molecule has 44 heavy (non-hydrogen) atoms. The van der Waals surface area contributed by atoms with Gasteiger partial charge in [0.2, 0.25) is 10.0 Å². The van der Waals surface area contributed by atoms with E-state index in [2.05, 4.69) is 31.0 Å². The molecule has 10 nitrogen and oxygen atoms in total. The van der Waals surface area contributed by atoms with Gasteiger partial charge in [-0.05, 0) is 81.8 Å². The molecule has 3 heterocycles. The van der Waals surface area contributed by atoms with Gasteiger partial charge in [0.15, 0.2) is 0 Å². The number of carbonyl (C=O) groups is 3. The zero-order chi connectivity index (χ0) is 31.9. The number of ether oxygens (including phenoxy) is 1. The van der Waals surface area contributed by atoms with Crippen molar-refractivity contribution in [2.75, 3.05) is 51.2 Å². The highest BCUT2D eigenvalue weighted by Crippen LogP contribution is 2.38. The van der Waals surface area contributed by atoms with Crippen LogP contribution in [0, 0.1) is 5.92 Å². The largest absolute Gasteiger partial charge is 0.466 e. The van der Waals surface area contributed by atoms with Gasteiger partial charge in [0.1, 0.15) is 5.00 Å². The molecule has 0 atom stereocenters. The Bertz CT molecular complexity index is 1410. The first-order valence-corrected chi connectivity index (χ1v) is 18.1. The van der Waals surface area contributed by atoms with Crippen LogP contribution < -0.4 is 5.32 Å². The Morgan fingerprint density at radius 3 is 2.23 bits per heavy atom. The number of anilines is 1. The molecule has 0 spiro atoms. The molecule has 2 aromatic rings. The molecule has 4 rings (SSSR count). The van der Waals surface area contributed by atoms with Crippen molar-refractivity contribution in [3.63, 3.8) is 0 Å². The zero-order valence-corrected chi connectivity index (χ0v) is 28.0. The third-order valence-electron chi connectivity index (χ3n) is 8.22. The van der Waals surface area contributed by atoms with Crippen LogP contribution in [-0.2, 0) is 32.5 Å². The maximum atomic E-state index is 13.9. The lowest BCUT2D eigenvalue weighted by molar-refractivity contribution is -0.149. The highest BCUT2D eigenvalue weighted by Gasteiger charge is 2.33. The quantitative estimate of drug-likeness (QED) is 0.305. The van der Waals surface area contributed by atoms with Crippen LogP contribution in [0.4, 0.5) is 5.00 Å². The number of hydrogen-bond acceptors (Lipinski definition) is 8. The maximum Gasteiger partial charge on any atom is 0.309 e. The van der Waals surface area contributed by atoms with Gasteiger partial charge in [-0.25, -0.2) is 8.42 Å². The number of hydrogen-bond donors (Lipinski definition) is 1. The lowest BCUT2D eigenvalue weighted by atomic mass is 9.98. The van der Waals surface area contributed by atoms with E-state index in [0.717, 1.165) is 55.8 Å². The molecule has 12 heteroatoms. The first kappa shape index (κ1) is 34.1. The van der Waals surface area contributed by atoms with Crippen LogP contribution in [0.5, 0.6) is 0 Å². The number of nitrogens with one attached hydrogen (secondary N) is 1. The Balaban J connectivity index is 1.52. The number of benzene rings is 1. The van der Waals surface area contributed by atoms with Crippen molar-refractivity contribution in [1.82, 2.24) is 14.1 Å². The lowest BCUT2D eigenvalue weighted by Crippen LogP contribution is -2.40. The second-order valence-electron chi connectivity index (χ2n) is 11.4. The van der Waals surface area contributed by atoms with E-state index in [4.69, 9.17) is 4.74 Å². The Morgan fingerprint density at radius 1 is 0.977 bits per heavy atom. The van der Waals surface area contributed by atoms with Gasteiger partial charge in [-0.2, -0.15) is 4.31 Å². The van der Waals surface area contributed by atoms with Crippen LogP contribution in [0.2, 0.25) is 0 Å². The molecule has 1 saturated heterocycles.